The van der Waals surface area contributed by atoms with Gasteiger partial charge in [0, 0.05) is 31.5 Å². The molecule has 1 atom stereocenters. The van der Waals surface area contributed by atoms with E-state index >= 15 is 0 Å². The standard InChI is InChI=1S/C18H25N3O3.C2HF3O2/c1-12(14-2-3-16-15(10-14)6-9-24-16)20-11-17(22)21-7-4-13(5-8-21)18(19)23;3-2(4,5)1(6)7/h2-3,10,12-13,20H,4-9,11H2,1H3,(H2,19,23);(H,6,7)/t12-;/m1./s1. The summed E-state index contributed by atoms with van der Waals surface area (Å²) in [6.07, 6.45) is -2.80. The number of ether oxygens (including phenoxy) is 1. The fraction of sp³-hybridized carbons (Fsp3) is 0.550. The largest absolute Gasteiger partial charge is 0.493 e. The quantitative estimate of drug-likeness (QED) is 0.633. The Bertz CT molecular complexity index is 808. The van der Waals surface area contributed by atoms with Crippen molar-refractivity contribution < 1.29 is 37.4 Å². The Balaban J connectivity index is 0.000000423. The number of nitrogens with zero attached hydrogens (tertiary/aromatic N) is 1. The second kappa shape index (κ2) is 10.5. The van der Waals surface area contributed by atoms with Crippen molar-refractivity contribution >= 4 is 17.8 Å². The van der Waals surface area contributed by atoms with Gasteiger partial charge in [-0.3, -0.25) is 9.59 Å². The van der Waals surface area contributed by atoms with Crippen molar-refractivity contribution in [2.24, 2.45) is 11.7 Å². The summed E-state index contributed by atoms with van der Waals surface area (Å²) in [5.41, 5.74) is 7.73. The zero-order valence-electron chi connectivity index (χ0n) is 17.1. The third-order valence-corrected chi connectivity index (χ3v) is 5.27. The number of halogens is 3. The molecule has 2 amide bonds. The molecule has 0 saturated carbocycles. The number of rotatable bonds is 5. The highest BCUT2D eigenvalue weighted by atomic mass is 19.4. The maximum atomic E-state index is 12.3. The molecule has 4 N–H and O–H groups in total. The van der Waals surface area contributed by atoms with Crippen LogP contribution in [-0.2, 0) is 20.8 Å². The molecule has 1 aromatic rings. The number of carboxylic acids is 1. The molecule has 0 bridgehead atoms. The third-order valence-electron chi connectivity index (χ3n) is 5.27. The van der Waals surface area contributed by atoms with Gasteiger partial charge in [-0.15, -0.1) is 0 Å². The Labute approximate surface area is 177 Å². The minimum absolute atomic E-state index is 0.0780. The highest BCUT2D eigenvalue weighted by molar-refractivity contribution is 5.80. The van der Waals surface area contributed by atoms with Crippen LogP contribution in [0.15, 0.2) is 18.2 Å². The first-order chi connectivity index (χ1) is 14.5. The predicted octanol–water partition coefficient (Wildman–Crippen LogP) is 1.63. The van der Waals surface area contributed by atoms with E-state index in [0.29, 0.717) is 32.5 Å². The number of hydrogen-bond acceptors (Lipinski definition) is 5. The number of carbonyl (C=O) groups is 3. The molecule has 2 heterocycles. The van der Waals surface area contributed by atoms with E-state index in [4.69, 9.17) is 20.4 Å². The number of likely N-dealkylation sites (tertiary alicyclic amines) is 1. The Hall–Kier alpha value is -2.82. The van der Waals surface area contributed by atoms with Crippen LogP contribution in [0.1, 0.15) is 36.9 Å². The number of nitrogens with one attached hydrogen (secondary N) is 1. The van der Waals surface area contributed by atoms with Crippen molar-refractivity contribution in [2.75, 3.05) is 26.2 Å². The predicted molar refractivity (Wildman–Crippen MR) is 104 cm³/mol. The van der Waals surface area contributed by atoms with Gasteiger partial charge in [-0.25, -0.2) is 4.79 Å². The maximum absolute atomic E-state index is 12.3. The third kappa shape index (κ3) is 7.12. The van der Waals surface area contributed by atoms with E-state index in [1.165, 1.54) is 11.1 Å². The fourth-order valence-corrected chi connectivity index (χ4v) is 3.36. The smallest absolute Gasteiger partial charge is 0.490 e. The SMILES string of the molecule is C[C@@H](NCC(=O)N1CCC(C(N)=O)CC1)c1ccc2c(c1)CCO2.O=C(O)C(F)(F)F. The molecule has 8 nitrogen and oxygen atoms in total. The average molecular weight is 445 g/mol. The lowest BCUT2D eigenvalue weighted by molar-refractivity contribution is -0.192. The summed E-state index contributed by atoms with van der Waals surface area (Å²) in [7, 11) is 0. The van der Waals surface area contributed by atoms with Gasteiger partial charge in [-0.1, -0.05) is 12.1 Å². The highest BCUT2D eigenvalue weighted by Gasteiger charge is 2.38. The lowest BCUT2D eigenvalue weighted by atomic mass is 9.96. The molecule has 0 radical (unpaired) electrons. The van der Waals surface area contributed by atoms with E-state index in [1.54, 1.807) is 0 Å². The van der Waals surface area contributed by atoms with E-state index < -0.39 is 12.1 Å². The maximum Gasteiger partial charge on any atom is 0.490 e. The van der Waals surface area contributed by atoms with Gasteiger partial charge in [0.05, 0.1) is 13.2 Å². The van der Waals surface area contributed by atoms with Crippen LogP contribution in [0, 0.1) is 5.92 Å². The van der Waals surface area contributed by atoms with Crippen LogP contribution in [0.5, 0.6) is 5.75 Å². The second-order valence-corrected chi connectivity index (χ2v) is 7.43. The molecule has 3 rings (SSSR count). The minimum atomic E-state index is -5.08. The number of amides is 2. The van der Waals surface area contributed by atoms with Crippen molar-refractivity contribution in [1.29, 1.82) is 0 Å². The molecule has 11 heteroatoms. The molecule has 0 unspecified atom stereocenters. The molecule has 2 aliphatic rings. The molecule has 1 saturated heterocycles. The van der Waals surface area contributed by atoms with Gasteiger partial charge >= 0.3 is 12.1 Å². The van der Waals surface area contributed by atoms with Gasteiger partial charge in [0.25, 0.3) is 0 Å². The molecular weight excluding hydrogens is 419 g/mol. The molecule has 2 aliphatic heterocycles. The highest BCUT2D eigenvalue weighted by Crippen LogP contribution is 2.28. The van der Waals surface area contributed by atoms with Crippen molar-refractivity contribution in [2.45, 2.75) is 38.4 Å². The van der Waals surface area contributed by atoms with E-state index in [1.807, 2.05) is 17.0 Å². The van der Waals surface area contributed by atoms with Gasteiger partial charge in [0.1, 0.15) is 5.75 Å². The number of benzene rings is 1. The molecule has 0 aliphatic carbocycles. The molecular formula is C20H26F3N3O5. The summed E-state index contributed by atoms with van der Waals surface area (Å²) in [5.74, 6) is -2.05. The number of nitrogens with two attached hydrogens (primary N) is 1. The molecule has 1 aromatic carbocycles. The minimum Gasteiger partial charge on any atom is -0.493 e. The summed E-state index contributed by atoms with van der Waals surface area (Å²) >= 11 is 0. The van der Waals surface area contributed by atoms with Crippen LogP contribution in [0.4, 0.5) is 13.2 Å². The second-order valence-electron chi connectivity index (χ2n) is 7.43. The summed E-state index contributed by atoms with van der Waals surface area (Å²) < 4.78 is 37.3. The van der Waals surface area contributed by atoms with Gasteiger partial charge < -0.3 is 25.8 Å². The summed E-state index contributed by atoms with van der Waals surface area (Å²) in [6, 6.07) is 6.31. The van der Waals surface area contributed by atoms with Gasteiger partial charge in [-0.2, -0.15) is 13.2 Å². The number of piperidine rings is 1. The Kier molecular flexibility index (Phi) is 8.26. The molecule has 1 fully saturated rings. The normalized spacial score (nSPS) is 17.1. The van der Waals surface area contributed by atoms with E-state index in [9.17, 15) is 22.8 Å². The summed E-state index contributed by atoms with van der Waals surface area (Å²) in [4.78, 5) is 34.2. The van der Waals surface area contributed by atoms with Crippen molar-refractivity contribution in [1.82, 2.24) is 10.2 Å². The molecule has 0 aromatic heterocycles. The monoisotopic (exact) mass is 445 g/mol. The summed E-state index contributed by atoms with van der Waals surface area (Å²) in [5, 5.41) is 10.4. The van der Waals surface area contributed by atoms with Crippen molar-refractivity contribution in [3.8, 4) is 5.75 Å². The molecule has 0 spiro atoms. The number of hydrogen-bond donors (Lipinski definition) is 3. The topological polar surface area (TPSA) is 122 Å². The van der Waals surface area contributed by atoms with Crippen LogP contribution in [0.25, 0.3) is 0 Å². The first kappa shape index (κ1) is 24.4. The molecule has 31 heavy (non-hydrogen) atoms. The van der Waals surface area contributed by atoms with Crippen LogP contribution in [-0.4, -0.2) is 60.2 Å². The van der Waals surface area contributed by atoms with Crippen LogP contribution >= 0.6 is 0 Å². The number of carboxylic acid groups (broad SMARTS) is 1. The fourth-order valence-electron chi connectivity index (χ4n) is 3.36. The zero-order chi connectivity index (χ0) is 23.2. The number of primary amides is 1. The number of aliphatic carboxylic acids is 1. The average Bonchev–Trinajstić information content (AvgIpc) is 3.19. The van der Waals surface area contributed by atoms with E-state index in [-0.39, 0.29) is 23.8 Å². The van der Waals surface area contributed by atoms with Crippen molar-refractivity contribution in [3.63, 3.8) is 0 Å². The van der Waals surface area contributed by atoms with E-state index in [0.717, 1.165) is 18.8 Å². The van der Waals surface area contributed by atoms with Crippen molar-refractivity contribution in [3.05, 3.63) is 29.3 Å². The number of carbonyl (C=O) groups excluding carboxylic acids is 2. The molecule has 172 valence electrons. The zero-order valence-corrected chi connectivity index (χ0v) is 17.1. The number of fused-ring (bicyclic) bond motifs is 1. The van der Waals surface area contributed by atoms with Gasteiger partial charge in [0.15, 0.2) is 0 Å². The van der Waals surface area contributed by atoms with Gasteiger partial charge in [-0.05, 0) is 37.0 Å². The first-order valence-electron chi connectivity index (χ1n) is 9.85. The van der Waals surface area contributed by atoms with Crippen LogP contribution in [0.3, 0.4) is 0 Å². The lowest BCUT2D eigenvalue weighted by Crippen LogP contribution is -2.45. The lowest BCUT2D eigenvalue weighted by Gasteiger charge is -2.31. The Morgan fingerprint density at radius 3 is 2.45 bits per heavy atom. The Morgan fingerprint density at radius 1 is 1.29 bits per heavy atom. The first-order valence-corrected chi connectivity index (χ1v) is 9.85. The van der Waals surface area contributed by atoms with Crippen LogP contribution < -0.4 is 15.8 Å². The van der Waals surface area contributed by atoms with E-state index in [2.05, 4.69) is 18.3 Å². The van der Waals surface area contributed by atoms with Crippen LogP contribution in [0.2, 0.25) is 0 Å². The Morgan fingerprint density at radius 2 is 1.90 bits per heavy atom. The summed E-state index contributed by atoms with van der Waals surface area (Å²) in [6.45, 7) is 4.33. The van der Waals surface area contributed by atoms with Gasteiger partial charge in [0.2, 0.25) is 11.8 Å². The number of alkyl halides is 3.